The van der Waals surface area contributed by atoms with Gasteiger partial charge in [0, 0.05) is 12.7 Å². The van der Waals surface area contributed by atoms with E-state index in [1.807, 2.05) is 0 Å². The molecule has 2 heterocycles. The van der Waals surface area contributed by atoms with Crippen LogP contribution < -0.4 is 5.32 Å². The molecule has 1 aliphatic heterocycles. The fourth-order valence-corrected chi connectivity index (χ4v) is 1.57. The lowest BCUT2D eigenvalue weighted by atomic mass is 10.2. The van der Waals surface area contributed by atoms with Gasteiger partial charge in [-0.15, -0.1) is 12.4 Å². The largest absolute Gasteiger partial charge is 0.369 e. The first-order valence-corrected chi connectivity index (χ1v) is 5.13. The van der Waals surface area contributed by atoms with Crippen molar-refractivity contribution in [1.82, 2.24) is 10.3 Å². The number of hydrogen-bond acceptors (Lipinski definition) is 4. The average molecular weight is 243 g/mol. The van der Waals surface area contributed by atoms with E-state index in [-0.39, 0.29) is 30.9 Å². The van der Waals surface area contributed by atoms with Crippen molar-refractivity contribution in [2.45, 2.75) is 12.5 Å². The molecule has 1 aromatic rings. The van der Waals surface area contributed by atoms with Crippen molar-refractivity contribution >= 4 is 18.2 Å². The number of carbonyl (C=O) groups excluding carboxylic acids is 1. The van der Waals surface area contributed by atoms with Gasteiger partial charge >= 0.3 is 0 Å². The van der Waals surface area contributed by atoms with E-state index in [1.54, 1.807) is 24.4 Å². The van der Waals surface area contributed by atoms with Gasteiger partial charge in [-0.3, -0.25) is 9.78 Å². The SMILES string of the molecule is Cl.O=C(COC1CCNC1)c1ccccn1. The van der Waals surface area contributed by atoms with E-state index in [0.717, 1.165) is 19.5 Å². The number of ether oxygens (including phenoxy) is 1. The number of hydrogen-bond donors (Lipinski definition) is 1. The summed E-state index contributed by atoms with van der Waals surface area (Å²) in [5, 5.41) is 3.18. The van der Waals surface area contributed by atoms with Crippen LogP contribution in [0, 0.1) is 0 Å². The van der Waals surface area contributed by atoms with Gasteiger partial charge in [0.25, 0.3) is 0 Å². The average Bonchev–Trinajstić information content (AvgIpc) is 2.80. The number of pyridine rings is 1. The minimum atomic E-state index is -0.0532. The molecular weight excluding hydrogens is 228 g/mol. The predicted octanol–water partition coefficient (Wildman–Crippen LogP) is 1.06. The molecule has 1 N–H and O–H groups in total. The summed E-state index contributed by atoms with van der Waals surface area (Å²) in [4.78, 5) is 15.6. The van der Waals surface area contributed by atoms with Gasteiger partial charge in [0.2, 0.25) is 5.78 Å². The van der Waals surface area contributed by atoms with Crippen molar-refractivity contribution in [1.29, 1.82) is 0 Å². The molecule has 0 aromatic carbocycles. The van der Waals surface area contributed by atoms with Crippen LogP contribution in [-0.2, 0) is 4.74 Å². The lowest BCUT2D eigenvalue weighted by molar-refractivity contribution is 0.0526. The van der Waals surface area contributed by atoms with E-state index in [9.17, 15) is 4.79 Å². The molecule has 16 heavy (non-hydrogen) atoms. The van der Waals surface area contributed by atoms with Crippen molar-refractivity contribution in [3.05, 3.63) is 30.1 Å². The predicted molar refractivity (Wildman–Crippen MR) is 63.0 cm³/mol. The van der Waals surface area contributed by atoms with E-state index >= 15 is 0 Å². The summed E-state index contributed by atoms with van der Waals surface area (Å²) in [5.74, 6) is -0.0532. The Morgan fingerprint density at radius 1 is 1.56 bits per heavy atom. The third-order valence-electron chi connectivity index (χ3n) is 2.42. The Bertz CT molecular complexity index is 326. The Kier molecular flexibility index (Phi) is 5.38. The van der Waals surface area contributed by atoms with Gasteiger partial charge in [-0.1, -0.05) is 6.07 Å². The summed E-state index contributed by atoms with van der Waals surface area (Å²) in [7, 11) is 0. The molecule has 1 atom stereocenters. The molecule has 1 fully saturated rings. The molecule has 0 radical (unpaired) electrons. The highest BCUT2D eigenvalue weighted by atomic mass is 35.5. The highest BCUT2D eigenvalue weighted by Crippen LogP contribution is 2.04. The second kappa shape index (κ2) is 6.58. The summed E-state index contributed by atoms with van der Waals surface area (Å²) in [6.45, 7) is 1.95. The molecule has 4 nitrogen and oxygen atoms in total. The fraction of sp³-hybridized carbons (Fsp3) is 0.455. The third-order valence-corrected chi connectivity index (χ3v) is 2.42. The van der Waals surface area contributed by atoms with Crippen LogP contribution in [0.5, 0.6) is 0 Å². The van der Waals surface area contributed by atoms with Crippen molar-refractivity contribution in [2.75, 3.05) is 19.7 Å². The Hall–Kier alpha value is -0.970. The summed E-state index contributed by atoms with van der Waals surface area (Å²) < 4.78 is 5.47. The van der Waals surface area contributed by atoms with E-state index in [2.05, 4.69) is 10.3 Å². The van der Waals surface area contributed by atoms with Crippen LogP contribution in [0.15, 0.2) is 24.4 Å². The second-order valence-electron chi connectivity index (χ2n) is 3.56. The third kappa shape index (κ3) is 3.56. The molecule has 0 amide bonds. The molecule has 0 saturated carbocycles. The van der Waals surface area contributed by atoms with Gasteiger partial charge in [-0.25, -0.2) is 0 Å². The lowest BCUT2D eigenvalue weighted by Gasteiger charge is -2.08. The molecular formula is C11H15ClN2O2. The first-order valence-electron chi connectivity index (χ1n) is 5.13. The summed E-state index contributed by atoms with van der Waals surface area (Å²) >= 11 is 0. The summed E-state index contributed by atoms with van der Waals surface area (Å²) in [6.07, 6.45) is 2.78. The van der Waals surface area contributed by atoms with Gasteiger partial charge in [0.05, 0.1) is 6.10 Å². The number of Topliss-reactive ketones (excluding diaryl/α,β-unsaturated/α-hetero) is 1. The fourth-order valence-electron chi connectivity index (χ4n) is 1.57. The smallest absolute Gasteiger partial charge is 0.206 e. The van der Waals surface area contributed by atoms with Crippen LogP contribution in [0.1, 0.15) is 16.9 Å². The van der Waals surface area contributed by atoms with Gasteiger partial charge in [-0.2, -0.15) is 0 Å². The Labute approximate surface area is 101 Å². The highest BCUT2D eigenvalue weighted by molar-refractivity contribution is 5.95. The number of nitrogens with one attached hydrogen (secondary N) is 1. The maximum Gasteiger partial charge on any atom is 0.206 e. The van der Waals surface area contributed by atoms with Crippen molar-refractivity contribution in [3.63, 3.8) is 0 Å². The maximum atomic E-state index is 11.6. The number of halogens is 1. The molecule has 0 spiro atoms. The lowest BCUT2D eigenvalue weighted by Crippen LogP contribution is -2.21. The Balaban J connectivity index is 0.00000128. The van der Waals surface area contributed by atoms with Gasteiger partial charge in [0.15, 0.2) is 0 Å². The molecule has 1 aliphatic rings. The molecule has 1 aromatic heterocycles. The van der Waals surface area contributed by atoms with Gasteiger partial charge < -0.3 is 10.1 Å². The van der Waals surface area contributed by atoms with Crippen molar-refractivity contribution < 1.29 is 9.53 Å². The van der Waals surface area contributed by atoms with E-state index in [1.165, 1.54) is 0 Å². The number of carbonyl (C=O) groups is 1. The molecule has 1 unspecified atom stereocenters. The first-order chi connectivity index (χ1) is 7.36. The highest BCUT2D eigenvalue weighted by Gasteiger charge is 2.16. The van der Waals surface area contributed by atoms with Crippen molar-refractivity contribution in [2.24, 2.45) is 0 Å². The quantitative estimate of drug-likeness (QED) is 0.803. The zero-order valence-corrected chi connectivity index (χ0v) is 9.70. The molecule has 0 bridgehead atoms. The topological polar surface area (TPSA) is 51.2 Å². The van der Waals surface area contributed by atoms with Crippen LogP contribution in [0.3, 0.4) is 0 Å². The summed E-state index contributed by atoms with van der Waals surface area (Å²) in [6, 6.07) is 5.30. The molecule has 1 saturated heterocycles. The molecule has 5 heteroatoms. The van der Waals surface area contributed by atoms with E-state index in [0.29, 0.717) is 5.69 Å². The number of nitrogens with zero attached hydrogens (tertiary/aromatic N) is 1. The van der Waals surface area contributed by atoms with Crippen LogP contribution in [0.25, 0.3) is 0 Å². The second-order valence-corrected chi connectivity index (χ2v) is 3.56. The van der Waals surface area contributed by atoms with Crippen LogP contribution >= 0.6 is 12.4 Å². The van der Waals surface area contributed by atoms with Crippen LogP contribution in [0.4, 0.5) is 0 Å². The van der Waals surface area contributed by atoms with Crippen molar-refractivity contribution in [3.8, 4) is 0 Å². The zero-order chi connectivity index (χ0) is 10.5. The maximum absolute atomic E-state index is 11.6. The van der Waals surface area contributed by atoms with E-state index in [4.69, 9.17) is 4.74 Å². The first kappa shape index (κ1) is 13.1. The Morgan fingerprint density at radius 2 is 2.44 bits per heavy atom. The monoisotopic (exact) mass is 242 g/mol. The zero-order valence-electron chi connectivity index (χ0n) is 8.89. The Morgan fingerprint density at radius 3 is 3.06 bits per heavy atom. The molecule has 2 rings (SSSR count). The minimum absolute atomic E-state index is 0. The number of ketones is 1. The van der Waals surface area contributed by atoms with Crippen LogP contribution in [-0.4, -0.2) is 36.6 Å². The van der Waals surface area contributed by atoms with Gasteiger partial charge in [0.1, 0.15) is 12.3 Å². The molecule has 0 aliphatic carbocycles. The van der Waals surface area contributed by atoms with E-state index < -0.39 is 0 Å². The van der Waals surface area contributed by atoms with Crippen LogP contribution in [0.2, 0.25) is 0 Å². The van der Waals surface area contributed by atoms with Gasteiger partial charge in [-0.05, 0) is 25.1 Å². The summed E-state index contributed by atoms with van der Waals surface area (Å²) in [5.41, 5.74) is 0.475. The molecule has 88 valence electrons. The number of rotatable bonds is 4. The number of aromatic nitrogens is 1. The normalized spacial score (nSPS) is 19.1. The minimum Gasteiger partial charge on any atom is -0.369 e. The standard InChI is InChI=1S/C11H14N2O2.ClH/c14-11(10-3-1-2-5-13-10)8-15-9-4-6-12-7-9;/h1-3,5,9,12H,4,6-8H2;1H.